The van der Waals surface area contributed by atoms with E-state index in [1.807, 2.05) is 0 Å². The van der Waals surface area contributed by atoms with Gasteiger partial charge in [0.1, 0.15) is 0 Å². The number of aryl methyl sites for hydroxylation is 1. The van der Waals surface area contributed by atoms with Gasteiger partial charge in [-0.1, -0.05) is 6.07 Å². The first kappa shape index (κ1) is 13.9. The average molecular weight is 263 g/mol. The Balaban J connectivity index is 3.13. The average Bonchev–Trinajstić information content (AvgIpc) is 2.24. The Bertz CT molecular complexity index is 485. The Morgan fingerprint density at radius 1 is 1.39 bits per heavy atom. The van der Waals surface area contributed by atoms with Gasteiger partial charge in [-0.3, -0.25) is 14.9 Å². The summed E-state index contributed by atoms with van der Waals surface area (Å²) in [7, 11) is 0. The normalized spacial score (nSPS) is 11.3. The first-order valence-electron chi connectivity index (χ1n) is 4.78. The molecule has 18 heavy (non-hydrogen) atoms. The number of rotatable bonds is 4. The molecule has 0 aliphatic heterocycles. The minimum atomic E-state index is -4.67. The van der Waals surface area contributed by atoms with Crippen molar-refractivity contribution in [2.24, 2.45) is 0 Å². The third-order valence-electron chi connectivity index (χ3n) is 2.22. The van der Waals surface area contributed by atoms with Gasteiger partial charge >= 0.3 is 12.1 Å². The van der Waals surface area contributed by atoms with E-state index in [1.165, 1.54) is 0 Å². The number of nitro groups is 1. The fourth-order valence-electron chi connectivity index (χ4n) is 1.36. The number of hydrogen-bond acceptors (Lipinski definition) is 3. The predicted octanol–water partition coefficient (Wildman–Crippen LogP) is 2.63. The molecule has 0 aliphatic rings. The second-order valence-corrected chi connectivity index (χ2v) is 3.49. The molecule has 1 N–H and O–H groups in total. The third-order valence-corrected chi connectivity index (χ3v) is 2.22. The van der Waals surface area contributed by atoms with Crippen LogP contribution in [-0.4, -0.2) is 16.0 Å². The largest absolute Gasteiger partial charge is 0.481 e. The predicted molar refractivity (Wildman–Crippen MR) is 54.1 cm³/mol. The number of carboxylic acid groups (broad SMARTS) is 1. The van der Waals surface area contributed by atoms with Gasteiger partial charge < -0.3 is 5.11 Å². The molecule has 98 valence electrons. The maximum atomic E-state index is 12.4. The molecule has 0 heterocycles. The number of nitrogens with zero attached hydrogens (tertiary/aromatic N) is 1. The molecule has 0 bridgehead atoms. The van der Waals surface area contributed by atoms with Gasteiger partial charge in [-0.05, 0) is 12.5 Å². The molecule has 0 aromatic heterocycles. The lowest BCUT2D eigenvalue weighted by Crippen LogP contribution is -2.07. The molecule has 1 aromatic carbocycles. The SMILES string of the molecule is O=C(O)CCc1ccc(C(F)(F)F)cc1[N+](=O)[O-]. The Morgan fingerprint density at radius 2 is 2.00 bits per heavy atom. The summed E-state index contributed by atoms with van der Waals surface area (Å²) in [6, 6.07) is 2.05. The molecule has 0 aliphatic carbocycles. The van der Waals surface area contributed by atoms with Crippen LogP contribution in [0.3, 0.4) is 0 Å². The summed E-state index contributed by atoms with van der Waals surface area (Å²) in [5.74, 6) is -1.18. The highest BCUT2D eigenvalue weighted by Gasteiger charge is 2.32. The molecular formula is C10H8F3NO4. The fourth-order valence-corrected chi connectivity index (χ4v) is 1.36. The number of carbonyl (C=O) groups is 1. The third kappa shape index (κ3) is 3.44. The molecule has 0 saturated heterocycles. The Morgan fingerprint density at radius 3 is 2.44 bits per heavy atom. The van der Waals surface area contributed by atoms with Crippen LogP contribution in [0.1, 0.15) is 17.5 Å². The molecule has 0 amide bonds. The fraction of sp³-hybridized carbons (Fsp3) is 0.300. The van der Waals surface area contributed by atoms with E-state index in [0.717, 1.165) is 6.07 Å². The lowest BCUT2D eigenvalue weighted by molar-refractivity contribution is -0.385. The van der Waals surface area contributed by atoms with E-state index < -0.39 is 28.3 Å². The van der Waals surface area contributed by atoms with Crippen LogP contribution < -0.4 is 0 Å². The minimum absolute atomic E-state index is 0.0320. The number of halogens is 3. The van der Waals surface area contributed by atoms with E-state index in [0.29, 0.717) is 12.1 Å². The lowest BCUT2D eigenvalue weighted by Gasteiger charge is -2.08. The number of aliphatic carboxylic acids is 1. The van der Waals surface area contributed by atoms with Crippen molar-refractivity contribution in [3.05, 3.63) is 39.4 Å². The van der Waals surface area contributed by atoms with Gasteiger partial charge in [0.05, 0.1) is 10.5 Å². The highest BCUT2D eigenvalue weighted by Crippen LogP contribution is 2.33. The van der Waals surface area contributed by atoms with Crippen LogP contribution >= 0.6 is 0 Å². The van der Waals surface area contributed by atoms with E-state index in [1.54, 1.807) is 0 Å². The van der Waals surface area contributed by atoms with Crippen molar-refractivity contribution in [3.63, 3.8) is 0 Å². The summed E-state index contributed by atoms with van der Waals surface area (Å²) in [5, 5.41) is 19.1. The van der Waals surface area contributed by atoms with Crippen LogP contribution in [-0.2, 0) is 17.4 Å². The summed E-state index contributed by atoms with van der Waals surface area (Å²) in [6.45, 7) is 0. The zero-order chi connectivity index (χ0) is 13.9. The molecule has 0 fully saturated rings. The summed E-state index contributed by atoms with van der Waals surface area (Å²) in [5.41, 5.74) is -1.88. The molecule has 5 nitrogen and oxygen atoms in total. The van der Waals surface area contributed by atoms with Crippen LogP contribution in [0.5, 0.6) is 0 Å². The zero-order valence-corrected chi connectivity index (χ0v) is 8.90. The van der Waals surface area contributed by atoms with E-state index in [9.17, 15) is 28.1 Å². The summed E-state index contributed by atoms with van der Waals surface area (Å²) >= 11 is 0. The first-order chi connectivity index (χ1) is 8.21. The van der Waals surface area contributed by atoms with Gasteiger partial charge in [0.2, 0.25) is 0 Å². The molecule has 1 aromatic rings. The van der Waals surface area contributed by atoms with Crippen LogP contribution in [0.25, 0.3) is 0 Å². The first-order valence-corrected chi connectivity index (χ1v) is 4.78. The maximum absolute atomic E-state index is 12.4. The highest BCUT2D eigenvalue weighted by molar-refractivity contribution is 5.67. The van der Waals surface area contributed by atoms with Crippen molar-refractivity contribution in [1.29, 1.82) is 0 Å². The molecule has 1 rings (SSSR count). The second-order valence-electron chi connectivity index (χ2n) is 3.49. The van der Waals surface area contributed by atoms with E-state index >= 15 is 0 Å². The Labute approximate surface area is 99.0 Å². The maximum Gasteiger partial charge on any atom is 0.416 e. The molecule has 8 heteroatoms. The summed E-state index contributed by atoms with van der Waals surface area (Å²) in [4.78, 5) is 20.0. The molecule has 0 saturated carbocycles. The molecule has 0 radical (unpaired) electrons. The number of alkyl halides is 3. The Kier molecular flexibility index (Phi) is 3.89. The van der Waals surface area contributed by atoms with Crippen molar-refractivity contribution < 1.29 is 28.0 Å². The zero-order valence-electron chi connectivity index (χ0n) is 8.90. The number of benzene rings is 1. The van der Waals surface area contributed by atoms with Crippen LogP contribution in [0.2, 0.25) is 0 Å². The molecule has 0 spiro atoms. The summed E-state index contributed by atoms with van der Waals surface area (Å²) < 4.78 is 37.1. The van der Waals surface area contributed by atoms with Crippen molar-refractivity contribution >= 4 is 11.7 Å². The molecule has 0 unspecified atom stereocenters. The van der Waals surface area contributed by atoms with Gasteiger partial charge in [0.15, 0.2) is 0 Å². The minimum Gasteiger partial charge on any atom is -0.481 e. The van der Waals surface area contributed by atoms with Gasteiger partial charge in [-0.15, -0.1) is 0 Å². The van der Waals surface area contributed by atoms with Gasteiger partial charge in [0, 0.05) is 18.1 Å². The van der Waals surface area contributed by atoms with Crippen LogP contribution in [0.15, 0.2) is 18.2 Å². The topological polar surface area (TPSA) is 80.4 Å². The van der Waals surface area contributed by atoms with Crippen molar-refractivity contribution in [1.82, 2.24) is 0 Å². The monoisotopic (exact) mass is 263 g/mol. The molecular weight excluding hydrogens is 255 g/mol. The van der Waals surface area contributed by atoms with Gasteiger partial charge in [0.25, 0.3) is 5.69 Å². The second kappa shape index (κ2) is 5.03. The van der Waals surface area contributed by atoms with Crippen molar-refractivity contribution in [2.45, 2.75) is 19.0 Å². The highest BCUT2D eigenvalue weighted by atomic mass is 19.4. The van der Waals surface area contributed by atoms with E-state index in [2.05, 4.69) is 0 Å². The standard InChI is InChI=1S/C10H8F3NO4/c11-10(12,13)7-3-1-6(2-4-9(15)16)8(5-7)14(17)18/h1,3,5H,2,4H2,(H,15,16). The van der Waals surface area contributed by atoms with Gasteiger partial charge in [-0.25, -0.2) is 0 Å². The smallest absolute Gasteiger partial charge is 0.416 e. The molecule has 0 atom stereocenters. The number of hydrogen-bond donors (Lipinski definition) is 1. The van der Waals surface area contributed by atoms with Crippen LogP contribution in [0.4, 0.5) is 18.9 Å². The van der Waals surface area contributed by atoms with E-state index in [4.69, 9.17) is 5.11 Å². The lowest BCUT2D eigenvalue weighted by atomic mass is 10.0. The van der Waals surface area contributed by atoms with Crippen LogP contribution in [0, 0.1) is 10.1 Å². The van der Waals surface area contributed by atoms with Crippen molar-refractivity contribution in [2.75, 3.05) is 0 Å². The van der Waals surface area contributed by atoms with E-state index in [-0.39, 0.29) is 18.4 Å². The quantitative estimate of drug-likeness (QED) is 0.668. The van der Waals surface area contributed by atoms with Gasteiger partial charge in [-0.2, -0.15) is 13.2 Å². The van der Waals surface area contributed by atoms with Crippen molar-refractivity contribution in [3.8, 4) is 0 Å². The number of carboxylic acids is 1. The Hall–Kier alpha value is -2.12. The summed E-state index contributed by atoms with van der Waals surface area (Å²) in [6.07, 6.45) is -5.24. The number of nitro benzene ring substituents is 1.